The van der Waals surface area contributed by atoms with Gasteiger partial charge in [-0.2, -0.15) is 0 Å². The van der Waals surface area contributed by atoms with Crippen LogP contribution in [0.2, 0.25) is 5.02 Å². The van der Waals surface area contributed by atoms with Gasteiger partial charge in [-0.05, 0) is 26.0 Å². The van der Waals surface area contributed by atoms with Crippen LogP contribution >= 0.6 is 11.6 Å². The summed E-state index contributed by atoms with van der Waals surface area (Å²) in [6.45, 7) is 4.58. The molecule has 0 spiro atoms. The Morgan fingerprint density at radius 1 is 1.53 bits per heavy atom. The third kappa shape index (κ3) is 3.91. The predicted molar refractivity (Wildman–Crippen MR) is 67.2 cm³/mol. The fraction of sp³-hybridized carbons (Fsp3) is 0.417. The van der Waals surface area contributed by atoms with E-state index >= 15 is 0 Å². The van der Waals surface area contributed by atoms with E-state index in [1.54, 1.807) is 25.1 Å². The van der Waals surface area contributed by atoms with Crippen LogP contribution in [-0.4, -0.2) is 25.3 Å². The Hall–Kier alpha value is -1.26. The average Bonchev–Trinajstić information content (AvgIpc) is 2.29. The molecule has 0 bridgehead atoms. The van der Waals surface area contributed by atoms with Crippen molar-refractivity contribution in [2.24, 2.45) is 0 Å². The molecule has 0 aliphatic rings. The number of hydrogen-bond acceptors (Lipinski definition) is 4. The van der Waals surface area contributed by atoms with E-state index in [0.29, 0.717) is 18.9 Å². The summed E-state index contributed by atoms with van der Waals surface area (Å²) in [5.74, 6) is -0.491. The number of nitrogens with two attached hydrogens (primary N) is 1. The third-order valence-electron chi connectivity index (χ3n) is 2.11. The SMILES string of the molecule is CCOCC(C)OC(=O)c1cccc(N)c1Cl. The molecule has 0 radical (unpaired) electrons. The van der Waals surface area contributed by atoms with E-state index < -0.39 is 5.97 Å². The van der Waals surface area contributed by atoms with Crippen LogP contribution in [0, 0.1) is 0 Å². The summed E-state index contributed by atoms with van der Waals surface area (Å²) >= 11 is 5.92. The maximum absolute atomic E-state index is 11.8. The van der Waals surface area contributed by atoms with Gasteiger partial charge in [0, 0.05) is 6.61 Å². The summed E-state index contributed by atoms with van der Waals surface area (Å²) < 4.78 is 10.3. The molecule has 0 amide bonds. The summed E-state index contributed by atoms with van der Waals surface area (Å²) in [6, 6.07) is 4.86. The normalized spacial score (nSPS) is 12.2. The lowest BCUT2D eigenvalue weighted by molar-refractivity contribution is 0.00442. The molecule has 0 fully saturated rings. The number of anilines is 1. The van der Waals surface area contributed by atoms with E-state index in [-0.39, 0.29) is 16.7 Å². The lowest BCUT2D eigenvalue weighted by Crippen LogP contribution is -2.20. The molecule has 1 atom stereocenters. The Morgan fingerprint density at radius 3 is 2.88 bits per heavy atom. The Kier molecular flexibility index (Phi) is 5.25. The van der Waals surface area contributed by atoms with Crippen LogP contribution in [0.3, 0.4) is 0 Å². The van der Waals surface area contributed by atoms with Crippen LogP contribution in [0.1, 0.15) is 24.2 Å². The first-order valence-corrected chi connectivity index (χ1v) is 5.76. The van der Waals surface area contributed by atoms with Crippen molar-refractivity contribution in [3.05, 3.63) is 28.8 Å². The number of carbonyl (C=O) groups is 1. The Bertz CT molecular complexity index is 395. The Balaban J connectivity index is 2.67. The molecule has 5 heteroatoms. The molecular formula is C12H16ClNO3. The van der Waals surface area contributed by atoms with E-state index in [4.69, 9.17) is 26.8 Å². The van der Waals surface area contributed by atoms with E-state index in [1.165, 1.54) is 0 Å². The minimum absolute atomic E-state index is 0.223. The van der Waals surface area contributed by atoms with Crippen molar-refractivity contribution in [1.82, 2.24) is 0 Å². The highest BCUT2D eigenvalue weighted by molar-refractivity contribution is 6.36. The predicted octanol–water partition coefficient (Wildman–Crippen LogP) is 2.50. The zero-order valence-electron chi connectivity index (χ0n) is 9.90. The van der Waals surface area contributed by atoms with E-state index in [9.17, 15) is 4.79 Å². The van der Waals surface area contributed by atoms with E-state index in [2.05, 4.69) is 0 Å². The van der Waals surface area contributed by atoms with Crippen LogP contribution in [0.4, 0.5) is 5.69 Å². The average molecular weight is 258 g/mol. The van der Waals surface area contributed by atoms with Crippen molar-refractivity contribution in [3.8, 4) is 0 Å². The molecule has 1 aromatic carbocycles. The molecule has 1 rings (SSSR count). The summed E-state index contributed by atoms with van der Waals surface area (Å²) in [5, 5.41) is 0.223. The highest BCUT2D eigenvalue weighted by Gasteiger charge is 2.16. The van der Waals surface area contributed by atoms with E-state index in [1.807, 2.05) is 6.92 Å². The number of hydrogen-bond donors (Lipinski definition) is 1. The van der Waals surface area contributed by atoms with Gasteiger partial charge in [-0.15, -0.1) is 0 Å². The van der Waals surface area contributed by atoms with Crippen molar-refractivity contribution in [3.63, 3.8) is 0 Å². The van der Waals surface area contributed by atoms with Gasteiger partial charge in [0.05, 0.1) is 22.9 Å². The zero-order chi connectivity index (χ0) is 12.8. The molecule has 0 aromatic heterocycles. The lowest BCUT2D eigenvalue weighted by atomic mass is 10.2. The minimum atomic E-state index is -0.491. The molecule has 17 heavy (non-hydrogen) atoms. The van der Waals surface area contributed by atoms with Gasteiger partial charge in [-0.25, -0.2) is 4.79 Å². The second kappa shape index (κ2) is 6.47. The quantitative estimate of drug-likeness (QED) is 0.650. The number of nitrogen functional groups attached to an aromatic ring is 1. The minimum Gasteiger partial charge on any atom is -0.457 e. The Morgan fingerprint density at radius 2 is 2.24 bits per heavy atom. The van der Waals surface area contributed by atoms with Crippen LogP contribution in [0.5, 0.6) is 0 Å². The van der Waals surface area contributed by atoms with Crippen molar-refractivity contribution in [1.29, 1.82) is 0 Å². The van der Waals surface area contributed by atoms with Gasteiger partial charge in [-0.1, -0.05) is 17.7 Å². The van der Waals surface area contributed by atoms with Gasteiger partial charge < -0.3 is 15.2 Å². The topological polar surface area (TPSA) is 61.5 Å². The number of carbonyl (C=O) groups excluding carboxylic acids is 1. The van der Waals surface area contributed by atoms with Crippen molar-refractivity contribution in [2.75, 3.05) is 18.9 Å². The molecule has 0 saturated heterocycles. The Labute approximate surface area is 106 Å². The number of halogens is 1. The first-order valence-electron chi connectivity index (χ1n) is 5.39. The summed E-state index contributed by atoms with van der Waals surface area (Å²) in [4.78, 5) is 11.8. The molecule has 1 unspecified atom stereocenters. The van der Waals surface area contributed by atoms with Crippen LogP contribution in [0.25, 0.3) is 0 Å². The van der Waals surface area contributed by atoms with Crippen molar-refractivity contribution >= 4 is 23.3 Å². The smallest absolute Gasteiger partial charge is 0.340 e. The lowest BCUT2D eigenvalue weighted by Gasteiger charge is -2.13. The highest BCUT2D eigenvalue weighted by atomic mass is 35.5. The number of ether oxygens (including phenoxy) is 2. The van der Waals surface area contributed by atoms with Gasteiger partial charge in [0.15, 0.2) is 0 Å². The molecule has 4 nitrogen and oxygen atoms in total. The molecule has 1 aromatic rings. The number of benzene rings is 1. The number of esters is 1. The highest BCUT2D eigenvalue weighted by Crippen LogP contribution is 2.23. The molecule has 0 aliphatic carbocycles. The summed E-state index contributed by atoms with van der Waals surface area (Å²) in [6.07, 6.45) is -0.319. The largest absolute Gasteiger partial charge is 0.457 e. The van der Waals surface area contributed by atoms with E-state index in [0.717, 1.165) is 0 Å². The monoisotopic (exact) mass is 257 g/mol. The summed E-state index contributed by atoms with van der Waals surface area (Å²) in [5.41, 5.74) is 6.24. The second-order valence-corrected chi connectivity index (χ2v) is 3.96. The molecule has 0 heterocycles. The second-order valence-electron chi connectivity index (χ2n) is 3.58. The van der Waals surface area contributed by atoms with Gasteiger partial charge in [0.1, 0.15) is 6.10 Å². The zero-order valence-corrected chi connectivity index (χ0v) is 10.7. The number of rotatable bonds is 5. The van der Waals surface area contributed by atoms with Crippen molar-refractivity contribution in [2.45, 2.75) is 20.0 Å². The third-order valence-corrected chi connectivity index (χ3v) is 2.54. The molecular weight excluding hydrogens is 242 g/mol. The standard InChI is InChI=1S/C12H16ClNO3/c1-3-16-7-8(2)17-12(15)9-5-4-6-10(14)11(9)13/h4-6,8H,3,7,14H2,1-2H3. The van der Waals surface area contributed by atoms with Gasteiger partial charge in [0.25, 0.3) is 0 Å². The first kappa shape index (κ1) is 13.8. The molecule has 0 saturated carbocycles. The molecule has 0 aliphatic heterocycles. The first-order chi connectivity index (χ1) is 8.06. The van der Waals surface area contributed by atoms with Gasteiger partial charge in [0.2, 0.25) is 0 Å². The van der Waals surface area contributed by atoms with Crippen LogP contribution < -0.4 is 5.73 Å². The van der Waals surface area contributed by atoms with Crippen LogP contribution in [-0.2, 0) is 9.47 Å². The fourth-order valence-corrected chi connectivity index (χ4v) is 1.47. The van der Waals surface area contributed by atoms with Crippen molar-refractivity contribution < 1.29 is 14.3 Å². The maximum Gasteiger partial charge on any atom is 0.340 e. The maximum atomic E-state index is 11.8. The fourth-order valence-electron chi connectivity index (χ4n) is 1.27. The van der Waals surface area contributed by atoms with Crippen LogP contribution in [0.15, 0.2) is 18.2 Å². The molecule has 2 N–H and O–H groups in total. The molecule has 94 valence electrons. The van der Waals surface area contributed by atoms with Gasteiger partial charge >= 0.3 is 5.97 Å². The van der Waals surface area contributed by atoms with Gasteiger partial charge in [-0.3, -0.25) is 0 Å². The summed E-state index contributed by atoms with van der Waals surface area (Å²) in [7, 11) is 0.